The minimum Gasteiger partial charge on any atom is -0.497 e. The predicted molar refractivity (Wildman–Crippen MR) is 113 cm³/mol. The van der Waals surface area contributed by atoms with Gasteiger partial charge in [-0.2, -0.15) is 0 Å². The van der Waals surface area contributed by atoms with Gasteiger partial charge in [0.05, 0.1) is 23.9 Å². The lowest BCUT2D eigenvalue weighted by molar-refractivity contribution is -0.126. The average molecular weight is 417 g/mol. The van der Waals surface area contributed by atoms with E-state index >= 15 is 0 Å². The Morgan fingerprint density at radius 2 is 1.93 bits per heavy atom. The predicted octanol–water partition coefficient (Wildman–Crippen LogP) is 2.52. The Hall–Kier alpha value is -2.75. The summed E-state index contributed by atoms with van der Waals surface area (Å²) in [5, 5.41) is 4.15. The molecular weight excluding hydrogens is 396 g/mol. The molecule has 0 unspecified atom stereocenters. The van der Waals surface area contributed by atoms with E-state index in [1.165, 1.54) is 0 Å². The maximum atomic E-state index is 11.8. The number of thiocarbonyl (C=S) groups is 1. The molecule has 2 aromatic carbocycles. The van der Waals surface area contributed by atoms with Crippen LogP contribution >= 0.6 is 23.6 Å². The second-order valence-electron chi connectivity index (χ2n) is 5.77. The summed E-state index contributed by atoms with van der Waals surface area (Å²) in [6.07, 6.45) is 0. The highest BCUT2D eigenvalue weighted by Gasteiger charge is 2.06. The van der Waals surface area contributed by atoms with E-state index < -0.39 is 0 Å². The van der Waals surface area contributed by atoms with Gasteiger partial charge in [0.2, 0.25) is 0 Å². The summed E-state index contributed by atoms with van der Waals surface area (Å²) >= 11 is 6.69. The van der Waals surface area contributed by atoms with Gasteiger partial charge in [-0.3, -0.25) is 15.6 Å². The highest BCUT2D eigenvalue weighted by Crippen LogP contribution is 2.21. The van der Waals surface area contributed by atoms with Crippen molar-refractivity contribution in [3.8, 4) is 5.75 Å². The van der Waals surface area contributed by atoms with E-state index in [0.29, 0.717) is 11.7 Å². The molecule has 1 heterocycles. The van der Waals surface area contributed by atoms with Gasteiger partial charge in [0.15, 0.2) is 5.11 Å². The highest BCUT2D eigenvalue weighted by atomic mass is 32.1. The van der Waals surface area contributed by atoms with Gasteiger partial charge in [-0.25, -0.2) is 4.98 Å². The third-order valence-corrected chi connectivity index (χ3v) is 4.98. The monoisotopic (exact) mass is 416 g/mol. The van der Waals surface area contributed by atoms with E-state index in [1.807, 2.05) is 48.5 Å². The molecule has 0 atom stereocenters. The summed E-state index contributed by atoms with van der Waals surface area (Å²) in [7, 11) is 1.62. The number of fused-ring (bicyclic) bond motifs is 1. The molecule has 0 saturated carbocycles. The SMILES string of the molecule is COc1ccc(CNC(=S)NNC(=O)COCc2nc3ccccc3s2)cc1. The smallest absolute Gasteiger partial charge is 0.264 e. The molecular formula is C19H20N4O3S2. The van der Waals surface area contributed by atoms with Crippen molar-refractivity contribution in [2.24, 2.45) is 0 Å². The number of hydrazine groups is 1. The number of thiazole rings is 1. The van der Waals surface area contributed by atoms with Crippen molar-refractivity contribution < 1.29 is 14.3 Å². The summed E-state index contributed by atoms with van der Waals surface area (Å²) in [5.74, 6) is 0.470. The Balaban J connectivity index is 1.32. The summed E-state index contributed by atoms with van der Waals surface area (Å²) in [4.78, 5) is 16.3. The quantitative estimate of drug-likeness (QED) is 0.403. The summed E-state index contributed by atoms with van der Waals surface area (Å²) in [5.41, 5.74) is 7.12. The Morgan fingerprint density at radius 1 is 1.14 bits per heavy atom. The third kappa shape index (κ3) is 5.88. The van der Waals surface area contributed by atoms with Crippen LogP contribution in [-0.2, 0) is 22.7 Å². The van der Waals surface area contributed by atoms with Crippen molar-refractivity contribution in [2.45, 2.75) is 13.2 Å². The van der Waals surface area contributed by atoms with E-state index in [0.717, 1.165) is 26.5 Å². The van der Waals surface area contributed by atoms with Gasteiger partial charge in [-0.05, 0) is 42.0 Å². The van der Waals surface area contributed by atoms with E-state index in [2.05, 4.69) is 21.2 Å². The number of aromatic nitrogens is 1. The van der Waals surface area contributed by atoms with Crippen LogP contribution in [-0.4, -0.2) is 29.7 Å². The first-order chi connectivity index (χ1) is 13.6. The number of ether oxygens (including phenoxy) is 2. The molecule has 3 aromatic rings. The molecule has 0 aliphatic carbocycles. The minimum absolute atomic E-state index is 0.0932. The van der Waals surface area contributed by atoms with Crippen LogP contribution in [0, 0.1) is 0 Å². The molecule has 9 heteroatoms. The van der Waals surface area contributed by atoms with E-state index in [1.54, 1.807) is 18.4 Å². The third-order valence-electron chi connectivity index (χ3n) is 3.72. The number of benzene rings is 2. The largest absolute Gasteiger partial charge is 0.497 e. The normalized spacial score (nSPS) is 10.5. The fraction of sp³-hybridized carbons (Fsp3) is 0.211. The molecule has 28 heavy (non-hydrogen) atoms. The number of para-hydroxylation sites is 1. The molecule has 0 bridgehead atoms. The second-order valence-corrected chi connectivity index (χ2v) is 7.30. The fourth-order valence-electron chi connectivity index (χ4n) is 2.35. The second kappa shape index (κ2) is 9.98. The van der Waals surface area contributed by atoms with Gasteiger partial charge >= 0.3 is 0 Å². The molecule has 146 valence electrons. The molecule has 1 amide bonds. The van der Waals surface area contributed by atoms with Crippen molar-refractivity contribution in [3.05, 3.63) is 59.1 Å². The molecule has 0 fully saturated rings. The summed E-state index contributed by atoms with van der Waals surface area (Å²) in [6, 6.07) is 15.5. The molecule has 1 aromatic heterocycles. The Bertz CT molecular complexity index is 911. The number of nitrogens with one attached hydrogen (secondary N) is 3. The van der Waals surface area contributed by atoms with Crippen LogP contribution in [0.25, 0.3) is 10.2 Å². The van der Waals surface area contributed by atoms with E-state index in [9.17, 15) is 4.79 Å². The Kier molecular flexibility index (Phi) is 7.12. The number of amides is 1. The van der Waals surface area contributed by atoms with Crippen LogP contribution in [0.15, 0.2) is 48.5 Å². The zero-order valence-corrected chi connectivity index (χ0v) is 16.9. The number of methoxy groups -OCH3 is 1. The van der Waals surface area contributed by atoms with Crippen LogP contribution in [0.4, 0.5) is 0 Å². The number of nitrogens with zero attached hydrogens (tertiary/aromatic N) is 1. The first-order valence-corrected chi connectivity index (χ1v) is 9.74. The molecule has 7 nitrogen and oxygen atoms in total. The van der Waals surface area contributed by atoms with Crippen LogP contribution in [0.1, 0.15) is 10.6 Å². The number of hydrogen-bond acceptors (Lipinski definition) is 6. The van der Waals surface area contributed by atoms with Crippen molar-refractivity contribution in [3.63, 3.8) is 0 Å². The number of hydrogen-bond donors (Lipinski definition) is 3. The topological polar surface area (TPSA) is 84.5 Å². The zero-order valence-electron chi connectivity index (χ0n) is 15.2. The van der Waals surface area contributed by atoms with Gasteiger partial charge < -0.3 is 14.8 Å². The lowest BCUT2D eigenvalue weighted by atomic mass is 10.2. The number of carbonyl (C=O) groups is 1. The van der Waals surface area contributed by atoms with Crippen LogP contribution < -0.4 is 20.9 Å². The van der Waals surface area contributed by atoms with Gasteiger partial charge in [0.25, 0.3) is 5.91 Å². The van der Waals surface area contributed by atoms with E-state index in [-0.39, 0.29) is 19.1 Å². The first-order valence-electron chi connectivity index (χ1n) is 8.52. The van der Waals surface area contributed by atoms with Gasteiger partial charge in [0, 0.05) is 6.54 Å². The van der Waals surface area contributed by atoms with Crippen LogP contribution in [0.2, 0.25) is 0 Å². The molecule has 0 spiro atoms. The van der Waals surface area contributed by atoms with E-state index in [4.69, 9.17) is 21.7 Å². The zero-order chi connectivity index (χ0) is 19.8. The summed E-state index contributed by atoms with van der Waals surface area (Å²) in [6.45, 7) is 0.719. The standard InChI is InChI=1S/C19H20N4O3S2/c1-25-14-8-6-13(7-9-14)10-20-19(27)23-22-17(24)11-26-12-18-21-15-4-2-3-5-16(15)28-18/h2-9H,10-12H2,1H3,(H,22,24)(H2,20,23,27). The lowest BCUT2D eigenvalue weighted by Gasteiger charge is -2.12. The molecule has 3 N–H and O–H groups in total. The maximum absolute atomic E-state index is 11.8. The number of carbonyl (C=O) groups excluding carboxylic acids is 1. The minimum atomic E-state index is -0.324. The van der Waals surface area contributed by atoms with Gasteiger partial charge in [-0.1, -0.05) is 24.3 Å². The van der Waals surface area contributed by atoms with Crippen molar-refractivity contribution in [1.29, 1.82) is 0 Å². The van der Waals surface area contributed by atoms with Gasteiger partial charge in [0.1, 0.15) is 17.4 Å². The number of rotatable bonds is 7. The Morgan fingerprint density at radius 3 is 2.68 bits per heavy atom. The first kappa shape index (κ1) is 20.0. The fourth-order valence-corrected chi connectivity index (χ4v) is 3.37. The lowest BCUT2D eigenvalue weighted by Crippen LogP contribution is -2.47. The molecule has 0 saturated heterocycles. The summed E-state index contributed by atoms with van der Waals surface area (Å²) < 4.78 is 11.6. The van der Waals surface area contributed by atoms with Crippen LogP contribution in [0.5, 0.6) is 5.75 Å². The van der Waals surface area contributed by atoms with Crippen molar-refractivity contribution in [1.82, 2.24) is 21.2 Å². The average Bonchev–Trinajstić information content (AvgIpc) is 3.14. The molecule has 0 aliphatic rings. The van der Waals surface area contributed by atoms with Crippen molar-refractivity contribution in [2.75, 3.05) is 13.7 Å². The molecule has 3 rings (SSSR count). The molecule has 0 radical (unpaired) electrons. The highest BCUT2D eigenvalue weighted by molar-refractivity contribution is 7.80. The van der Waals surface area contributed by atoms with Crippen molar-refractivity contribution >= 4 is 44.8 Å². The Labute approximate surface area is 172 Å². The van der Waals surface area contributed by atoms with Gasteiger partial charge in [-0.15, -0.1) is 11.3 Å². The van der Waals surface area contributed by atoms with Crippen LogP contribution in [0.3, 0.4) is 0 Å². The molecule has 0 aliphatic heterocycles. The maximum Gasteiger partial charge on any atom is 0.264 e.